The second-order valence-electron chi connectivity index (χ2n) is 3.12. The molecule has 0 heterocycles. The minimum absolute atomic E-state index is 0.0420. The lowest BCUT2D eigenvalue weighted by Crippen LogP contribution is -2.17. The molecule has 0 aliphatic heterocycles. The van der Waals surface area contributed by atoms with Gasteiger partial charge in [-0.3, -0.25) is 0 Å². The smallest absolute Gasteiger partial charge is 0.133 e. The normalized spacial score (nSPS) is 12.8. The molecular formula is C9H12BrNO2. The fourth-order valence-corrected chi connectivity index (χ4v) is 1.63. The first-order valence-corrected chi connectivity index (χ1v) is 4.76. The van der Waals surface area contributed by atoms with E-state index in [-0.39, 0.29) is 17.5 Å². The highest BCUT2D eigenvalue weighted by atomic mass is 79.9. The molecule has 1 unspecified atom stereocenters. The van der Waals surface area contributed by atoms with Crippen LogP contribution < -0.4 is 5.73 Å². The van der Waals surface area contributed by atoms with Crippen LogP contribution in [0.2, 0.25) is 0 Å². The Morgan fingerprint density at radius 1 is 1.46 bits per heavy atom. The molecule has 0 fully saturated rings. The number of aromatic hydroxyl groups is 2. The maximum atomic E-state index is 9.56. The van der Waals surface area contributed by atoms with E-state index >= 15 is 0 Å². The second-order valence-corrected chi connectivity index (χ2v) is 3.97. The quantitative estimate of drug-likeness (QED) is 0.696. The molecule has 1 atom stereocenters. The van der Waals surface area contributed by atoms with Gasteiger partial charge in [-0.2, -0.15) is 0 Å². The van der Waals surface area contributed by atoms with Crippen molar-refractivity contribution in [2.75, 3.05) is 0 Å². The summed E-state index contributed by atoms with van der Waals surface area (Å²) in [6.45, 7) is 1.84. The van der Waals surface area contributed by atoms with Crippen molar-refractivity contribution >= 4 is 15.9 Å². The number of hydrogen-bond donors (Lipinski definition) is 3. The summed E-state index contributed by atoms with van der Waals surface area (Å²) < 4.78 is 0.489. The van der Waals surface area contributed by atoms with Gasteiger partial charge in [0.2, 0.25) is 0 Å². The van der Waals surface area contributed by atoms with Gasteiger partial charge in [0.1, 0.15) is 11.5 Å². The summed E-state index contributed by atoms with van der Waals surface area (Å²) in [6.07, 6.45) is 0.541. The van der Waals surface area contributed by atoms with E-state index in [0.29, 0.717) is 16.5 Å². The fourth-order valence-electron chi connectivity index (χ4n) is 1.14. The van der Waals surface area contributed by atoms with Gasteiger partial charge in [0.25, 0.3) is 0 Å². The van der Waals surface area contributed by atoms with Crippen LogP contribution in [0.3, 0.4) is 0 Å². The van der Waals surface area contributed by atoms with Crippen molar-refractivity contribution in [3.63, 3.8) is 0 Å². The van der Waals surface area contributed by atoms with Crippen molar-refractivity contribution in [3.05, 3.63) is 22.2 Å². The lowest BCUT2D eigenvalue weighted by molar-refractivity contribution is 0.449. The highest BCUT2D eigenvalue weighted by molar-refractivity contribution is 9.10. The third-order valence-corrected chi connectivity index (χ3v) is 2.27. The first kappa shape index (κ1) is 10.3. The molecule has 1 aromatic rings. The van der Waals surface area contributed by atoms with Gasteiger partial charge in [-0.1, -0.05) is 0 Å². The summed E-state index contributed by atoms with van der Waals surface area (Å²) in [5.74, 6) is 0.274. The Hall–Kier alpha value is -0.740. The van der Waals surface area contributed by atoms with Crippen molar-refractivity contribution in [1.82, 2.24) is 0 Å². The number of hydrogen-bond acceptors (Lipinski definition) is 3. The predicted molar refractivity (Wildman–Crippen MR) is 54.8 cm³/mol. The van der Waals surface area contributed by atoms with Crippen LogP contribution in [0.1, 0.15) is 12.5 Å². The Kier molecular flexibility index (Phi) is 3.17. The molecule has 0 aliphatic carbocycles. The average Bonchev–Trinajstić information content (AvgIpc) is 1.98. The molecule has 0 amide bonds. The van der Waals surface area contributed by atoms with E-state index in [0.717, 1.165) is 0 Å². The zero-order valence-electron chi connectivity index (χ0n) is 7.29. The zero-order valence-corrected chi connectivity index (χ0v) is 8.87. The van der Waals surface area contributed by atoms with Gasteiger partial charge in [-0.05, 0) is 41.4 Å². The van der Waals surface area contributed by atoms with E-state index in [1.54, 1.807) is 0 Å². The first-order chi connectivity index (χ1) is 6.00. The molecule has 1 aromatic carbocycles. The van der Waals surface area contributed by atoms with Gasteiger partial charge in [0, 0.05) is 11.6 Å². The SMILES string of the molecule is CC(N)Cc1cc(O)cc(Br)c1O. The third kappa shape index (κ3) is 2.60. The average molecular weight is 246 g/mol. The summed E-state index contributed by atoms with van der Waals surface area (Å²) in [7, 11) is 0. The Morgan fingerprint density at radius 2 is 2.08 bits per heavy atom. The molecule has 4 heteroatoms. The van der Waals surface area contributed by atoms with Crippen LogP contribution >= 0.6 is 15.9 Å². The van der Waals surface area contributed by atoms with Crippen molar-refractivity contribution in [1.29, 1.82) is 0 Å². The van der Waals surface area contributed by atoms with E-state index in [1.165, 1.54) is 12.1 Å². The van der Waals surface area contributed by atoms with E-state index < -0.39 is 0 Å². The second kappa shape index (κ2) is 3.98. The Morgan fingerprint density at radius 3 is 2.62 bits per heavy atom. The Bertz CT molecular complexity index is 313. The Balaban J connectivity index is 3.05. The van der Waals surface area contributed by atoms with Gasteiger partial charge in [0.05, 0.1) is 4.47 Å². The summed E-state index contributed by atoms with van der Waals surface area (Å²) in [5, 5.41) is 18.8. The van der Waals surface area contributed by atoms with Gasteiger partial charge in [0.15, 0.2) is 0 Å². The molecule has 0 aromatic heterocycles. The Labute approximate surface area is 85.3 Å². The molecular weight excluding hydrogens is 234 g/mol. The van der Waals surface area contributed by atoms with Crippen LogP contribution in [-0.2, 0) is 6.42 Å². The van der Waals surface area contributed by atoms with Crippen molar-refractivity contribution in [2.45, 2.75) is 19.4 Å². The summed E-state index contributed by atoms with van der Waals surface area (Å²) in [4.78, 5) is 0. The van der Waals surface area contributed by atoms with E-state index in [1.807, 2.05) is 6.92 Å². The van der Waals surface area contributed by atoms with Crippen LogP contribution in [0.5, 0.6) is 11.5 Å². The van der Waals surface area contributed by atoms with Crippen molar-refractivity contribution in [2.24, 2.45) is 5.73 Å². The third-order valence-electron chi connectivity index (χ3n) is 1.67. The van der Waals surface area contributed by atoms with Gasteiger partial charge in [-0.25, -0.2) is 0 Å². The molecule has 0 radical (unpaired) electrons. The zero-order chi connectivity index (χ0) is 10.0. The van der Waals surface area contributed by atoms with E-state index in [9.17, 15) is 10.2 Å². The molecule has 0 spiro atoms. The highest BCUT2D eigenvalue weighted by Gasteiger charge is 2.09. The molecule has 4 N–H and O–H groups in total. The maximum absolute atomic E-state index is 9.56. The highest BCUT2D eigenvalue weighted by Crippen LogP contribution is 2.32. The monoisotopic (exact) mass is 245 g/mol. The summed E-state index contributed by atoms with van der Waals surface area (Å²) in [5.41, 5.74) is 6.24. The minimum Gasteiger partial charge on any atom is -0.508 e. The molecule has 72 valence electrons. The van der Waals surface area contributed by atoms with Crippen LogP contribution in [0.4, 0.5) is 0 Å². The maximum Gasteiger partial charge on any atom is 0.133 e. The molecule has 0 saturated heterocycles. The topological polar surface area (TPSA) is 66.5 Å². The van der Waals surface area contributed by atoms with Gasteiger partial charge in [-0.15, -0.1) is 0 Å². The molecule has 13 heavy (non-hydrogen) atoms. The predicted octanol–water partition coefficient (Wildman–Crippen LogP) is 1.75. The van der Waals surface area contributed by atoms with Crippen LogP contribution in [-0.4, -0.2) is 16.3 Å². The number of benzene rings is 1. The molecule has 0 saturated carbocycles. The molecule has 0 bridgehead atoms. The standard InChI is InChI=1S/C9H12BrNO2/c1-5(11)2-6-3-7(12)4-8(10)9(6)13/h3-5,12-13H,2,11H2,1H3. The number of phenolic OH excluding ortho intramolecular Hbond substituents is 2. The lowest BCUT2D eigenvalue weighted by Gasteiger charge is -2.09. The fraction of sp³-hybridized carbons (Fsp3) is 0.333. The van der Waals surface area contributed by atoms with Crippen molar-refractivity contribution < 1.29 is 10.2 Å². The van der Waals surface area contributed by atoms with Crippen LogP contribution in [0, 0.1) is 0 Å². The molecule has 3 nitrogen and oxygen atoms in total. The van der Waals surface area contributed by atoms with Crippen LogP contribution in [0.25, 0.3) is 0 Å². The molecule has 0 aliphatic rings. The van der Waals surface area contributed by atoms with Gasteiger partial charge < -0.3 is 15.9 Å². The van der Waals surface area contributed by atoms with E-state index in [2.05, 4.69) is 15.9 Å². The largest absolute Gasteiger partial charge is 0.508 e. The number of rotatable bonds is 2. The number of nitrogens with two attached hydrogens (primary N) is 1. The number of halogens is 1. The summed E-state index contributed by atoms with van der Waals surface area (Å²) >= 11 is 3.14. The van der Waals surface area contributed by atoms with Crippen LogP contribution in [0.15, 0.2) is 16.6 Å². The van der Waals surface area contributed by atoms with Gasteiger partial charge >= 0.3 is 0 Å². The number of phenols is 2. The summed E-state index contributed by atoms with van der Waals surface area (Å²) in [6, 6.07) is 2.92. The lowest BCUT2D eigenvalue weighted by atomic mass is 10.1. The molecule has 1 rings (SSSR count). The van der Waals surface area contributed by atoms with Crippen molar-refractivity contribution in [3.8, 4) is 11.5 Å². The first-order valence-electron chi connectivity index (χ1n) is 3.96. The van der Waals surface area contributed by atoms with E-state index in [4.69, 9.17) is 5.73 Å². The minimum atomic E-state index is -0.0420.